The van der Waals surface area contributed by atoms with Crippen LogP contribution in [0.3, 0.4) is 0 Å². The SMILES string of the molecule is CCCC[S+](CCCC)C(CC(=O)[O-])C(=O)[O-].CCCC[S+](CCCC)C(CC(=O)[O-])C(=O)[O-].[Mg+2].[Mg+2]. The van der Waals surface area contributed by atoms with Gasteiger partial charge < -0.3 is 39.6 Å². The minimum absolute atomic E-state index is 0. The first-order chi connectivity index (χ1) is 16.0. The van der Waals surface area contributed by atoms with E-state index in [9.17, 15) is 39.6 Å². The molecular weight excluding hydrogens is 529 g/mol. The van der Waals surface area contributed by atoms with Crippen LogP contribution in [0, 0.1) is 0 Å². The molecule has 0 aliphatic carbocycles. The van der Waals surface area contributed by atoms with Crippen LogP contribution in [0.5, 0.6) is 0 Å². The van der Waals surface area contributed by atoms with Crippen molar-refractivity contribution in [2.75, 3.05) is 23.0 Å². The monoisotopic (exact) mass is 570 g/mol. The zero-order valence-electron chi connectivity index (χ0n) is 22.6. The van der Waals surface area contributed by atoms with Crippen molar-refractivity contribution in [2.24, 2.45) is 0 Å². The normalized spacial score (nSPS) is 11.9. The molecule has 2 atom stereocenters. The summed E-state index contributed by atoms with van der Waals surface area (Å²) in [6.07, 6.45) is 6.85. The molecule has 0 aromatic rings. The molecule has 0 radical (unpaired) electrons. The molecule has 8 nitrogen and oxygen atoms in total. The van der Waals surface area contributed by atoms with Crippen molar-refractivity contribution < 1.29 is 39.6 Å². The van der Waals surface area contributed by atoms with E-state index in [1.54, 1.807) is 0 Å². The molecular formula is C24H42Mg2O8S2+2. The maximum Gasteiger partial charge on any atom is 2.00 e. The van der Waals surface area contributed by atoms with Crippen LogP contribution in [0.25, 0.3) is 0 Å². The zero-order valence-corrected chi connectivity index (χ0v) is 27.0. The Hall–Kier alpha value is 0.112. The van der Waals surface area contributed by atoms with Gasteiger partial charge in [0.1, 0.15) is 23.0 Å². The predicted molar refractivity (Wildman–Crippen MR) is 142 cm³/mol. The number of rotatable bonds is 20. The van der Waals surface area contributed by atoms with E-state index in [1.807, 2.05) is 27.7 Å². The smallest absolute Gasteiger partial charge is 0.550 e. The predicted octanol–water partition coefficient (Wildman–Crippen LogP) is -1.83. The molecule has 200 valence electrons. The molecule has 0 aromatic heterocycles. The first kappa shape index (κ1) is 43.2. The van der Waals surface area contributed by atoms with E-state index in [4.69, 9.17) is 0 Å². The van der Waals surface area contributed by atoms with Gasteiger partial charge in [-0.3, -0.25) is 0 Å². The Bertz CT molecular complexity index is 530. The Morgan fingerprint density at radius 3 is 0.889 bits per heavy atom. The summed E-state index contributed by atoms with van der Waals surface area (Å²) in [4.78, 5) is 43.2. The molecule has 0 N–H and O–H groups in total. The Labute approximate surface area is 255 Å². The van der Waals surface area contributed by atoms with E-state index in [-0.39, 0.29) is 46.1 Å². The van der Waals surface area contributed by atoms with Crippen LogP contribution in [0.4, 0.5) is 0 Å². The minimum Gasteiger partial charge on any atom is -0.550 e. The summed E-state index contributed by atoms with van der Waals surface area (Å²) < 4.78 is 0. The van der Waals surface area contributed by atoms with Crippen LogP contribution >= 0.6 is 0 Å². The van der Waals surface area contributed by atoms with Crippen molar-refractivity contribution in [3.05, 3.63) is 0 Å². The van der Waals surface area contributed by atoms with Crippen molar-refractivity contribution in [3.63, 3.8) is 0 Å². The average Bonchev–Trinajstić information content (AvgIpc) is 2.76. The fraction of sp³-hybridized carbons (Fsp3) is 0.833. The number of hydrogen-bond donors (Lipinski definition) is 0. The van der Waals surface area contributed by atoms with Gasteiger partial charge in [0, 0.05) is 24.8 Å². The Kier molecular flexibility index (Phi) is 33.7. The summed E-state index contributed by atoms with van der Waals surface area (Å²) in [6, 6.07) is 0. The molecule has 0 aromatic carbocycles. The first-order valence-corrected chi connectivity index (χ1v) is 15.4. The maximum absolute atomic E-state index is 11.0. The van der Waals surface area contributed by atoms with Gasteiger partial charge in [0.25, 0.3) is 0 Å². The first-order valence-electron chi connectivity index (χ1n) is 12.2. The summed E-state index contributed by atoms with van der Waals surface area (Å²) >= 11 is 0. The maximum atomic E-state index is 11.0. The number of carboxylic acids is 4. The summed E-state index contributed by atoms with van der Waals surface area (Å²) in [5, 5.41) is 41.4. The molecule has 0 aliphatic heterocycles. The van der Waals surface area contributed by atoms with Gasteiger partial charge in [-0.1, -0.05) is 53.4 Å². The molecule has 12 heteroatoms. The second-order valence-electron chi connectivity index (χ2n) is 8.07. The summed E-state index contributed by atoms with van der Waals surface area (Å²) in [6.45, 7) is 8.14. The second-order valence-corrected chi connectivity index (χ2v) is 13.0. The number of hydrogen-bond acceptors (Lipinski definition) is 8. The molecule has 0 amide bonds. The minimum atomic E-state index is -1.30. The van der Waals surface area contributed by atoms with E-state index in [1.165, 1.54) is 0 Å². The molecule has 0 saturated heterocycles. The standard InChI is InChI=1S/2C12H22O4S.2Mg/c2*1-3-5-7-17(8-6-4-2)10(12(15)16)9-11(13)14;;/h2*10H,3-9H2,1-2H3,(H-,13,14,15,16);;/q;;2*+2/p-2. The van der Waals surface area contributed by atoms with Crippen molar-refractivity contribution in [3.8, 4) is 0 Å². The zero-order chi connectivity index (χ0) is 26.5. The van der Waals surface area contributed by atoms with Gasteiger partial charge in [0.2, 0.25) is 0 Å². The Morgan fingerprint density at radius 2 is 0.750 bits per heavy atom. The summed E-state index contributed by atoms with van der Waals surface area (Å²) in [7, 11) is -0.791. The van der Waals surface area contributed by atoms with E-state index in [2.05, 4.69) is 0 Å². The topological polar surface area (TPSA) is 161 Å². The van der Waals surface area contributed by atoms with Crippen molar-refractivity contribution in [1.29, 1.82) is 0 Å². The number of carbonyl (C=O) groups excluding carboxylic acids is 4. The van der Waals surface area contributed by atoms with Crippen molar-refractivity contribution in [1.82, 2.24) is 0 Å². The average molecular weight is 571 g/mol. The van der Waals surface area contributed by atoms with E-state index in [0.717, 1.165) is 74.4 Å². The third kappa shape index (κ3) is 23.2. The molecule has 36 heavy (non-hydrogen) atoms. The third-order valence-corrected chi connectivity index (χ3v) is 10.7. The van der Waals surface area contributed by atoms with Crippen LogP contribution < -0.4 is 20.4 Å². The van der Waals surface area contributed by atoms with Gasteiger partial charge in [-0.2, -0.15) is 0 Å². The van der Waals surface area contributed by atoms with Crippen LogP contribution in [-0.2, 0) is 41.0 Å². The van der Waals surface area contributed by atoms with Crippen LogP contribution in [0.1, 0.15) is 91.9 Å². The van der Waals surface area contributed by atoms with Gasteiger partial charge in [0.15, 0.2) is 10.5 Å². The van der Waals surface area contributed by atoms with Gasteiger partial charge in [0.05, 0.1) is 11.9 Å². The quantitative estimate of drug-likeness (QED) is 0.122. The van der Waals surface area contributed by atoms with Gasteiger partial charge in [-0.05, 0) is 47.5 Å². The van der Waals surface area contributed by atoms with Gasteiger partial charge in [-0.15, -0.1) is 0 Å². The number of unbranched alkanes of at least 4 members (excludes halogenated alkanes) is 4. The fourth-order valence-corrected chi connectivity index (χ4v) is 8.54. The summed E-state index contributed by atoms with van der Waals surface area (Å²) in [5.41, 5.74) is 0. The third-order valence-electron chi connectivity index (χ3n) is 5.07. The Balaban J connectivity index is -0.000000269. The Morgan fingerprint density at radius 1 is 0.528 bits per heavy atom. The molecule has 0 rings (SSSR count). The molecule has 0 saturated carbocycles. The van der Waals surface area contributed by atoms with Crippen molar-refractivity contribution >= 4 is 91.8 Å². The molecule has 0 bridgehead atoms. The number of carboxylic acid groups (broad SMARTS) is 4. The van der Waals surface area contributed by atoms with Crippen molar-refractivity contribution in [2.45, 2.75) is 102 Å². The fourth-order valence-electron chi connectivity index (χ4n) is 3.07. The van der Waals surface area contributed by atoms with E-state index < -0.39 is 69.0 Å². The largest absolute Gasteiger partial charge is 2.00 e. The van der Waals surface area contributed by atoms with Crippen LogP contribution in [-0.4, -0.2) is 103 Å². The van der Waals surface area contributed by atoms with Gasteiger partial charge >= 0.3 is 46.1 Å². The second kappa shape index (κ2) is 28.1. The molecule has 2 unspecified atom stereocenters. The molecule has 0 heterocycles. The van der Waals surface area contributed by atoms with E-state index in [0.29, 0.717) is 0 Å². The number of carbonyl (C=O) groups is 4. The number of aliphatic carboxylic acids is 4. The van der Waals surface area contributed by atoms with Gasteiger partial charge in [-0.25, -0.2) is 0 Å². The molecule has 0 spiro atoms. The summed E-state index contributed by atoms with van der Waals surface area (Å²) in [5.74, 6) is -1.97. The van der Waals surface area contributed by atoms with E-state index >= 15 is 0 Å². The molecule has 0 aliphatic rings. The molecule has 0 fully saturated rings. The van der Waals surface area contributed by atoms with Crippen LogP contribution in [0.2, 0.25) is 0 Å². The van der Waals surface area contributed by atoms with Crippen LogP contribution in [0.15, 0.2) is 0 Å².